The zero-order chi connectivity index (χ0) is 14.4. The molecule has 2 aromatic rings. The molecule has 2 atom stereocenters. The first-order chi connectivity index (χ1) is 10.2. The number of aromatic hydroxyl groups is 1. The predicted molar refractivity (Wildman–Crippen MR) is 75.7 cm³/mol. The molecule has 0 amide bonds. The third kappa shape index (κ3) is 2.10. The van der Waals surface area contributed by atoms with Gasteiger partial charge in [0, 0.05) is 24.2 Å². The van der Waals surface area contributed by atoms with Crippen molar-refractivity contribution in [3.05, 3.63) is 24.2 Å². The van der Waals surface area contributed by atoms with Crippen LogP contribution in [0.15, 0.2) is 22.9 Å². The summed E-state index contributed by atoms with van der Waals surface area (Å²) in [6, 6.07) is 4.52. The van der Waals surface area contributed by atoms with Crippen LogP contribution in [0, 0.1) is 0 Å². The summed E-state index contributed by atoms with van der Waals surface area (Å²) < 4.78 is 5.31. The summed E-state index contributed by atoms with van der Waals surface area (Å²) >= 11 is 0. The Kier molecular flexibility index (Phi) is 2.92. The van der Waals surface area contributed by atoms with Crippen LogP contribution >= 0.6 is 0 Å². The molecule has 4 rings (SSSR count). The van der Waals surface area contributed by atoms with Gasteiger partial charge in [0.15, 0.2) is 11.5 Å². The second-order valence-electron chi connectivity index (χ2n) is 6.05. The quantitative estimate of drug-likeness (QED) is 0.912. The van der Waals surface area contributed by atoms with E-state index in [2.05, 4.69) is 27.1 Å². The van der Waals surface area contributed by atoms with E-state index in [0.717, 1.165) is 18.7 Å². The van der Waals surface area contributed by atoms with E-state index >= 15 is 0 Å². The fraction of sp³-hybridized carbons (Fsp3) is 0.533. The summed E-state index contributed by atoms with van der Waals surface area (Å²) in [7, 11) is 2.21. The van der Waals surface area contributed by atoms with Gasteiger partial charge in [0.1, 0.15) is 5.75 Å². The number of nitrogens with zero attached hydrogens (tertiary/aromatic N) is 4. The van der Waals surface area contributed by atoms with E-state index in [1.165, 1.54) is 12.8 Å². The maximum absolute atomic E-state index is 9.82. The average Bonchev–Trinajstić information content (AvgIpc) is 3.02. The third-order valence-corrected chi connectivity index (χ3v) is 4.89. The lowest BCUT2D eigenvalue weighted by molar-refractivity contribution is 0.157. The molecule has 2 fully saturated rings. The Balaban J connectivity index is 1.60. The predicted octanol–water partition coefficient (Wildman–Crippen LogP) is 2.18. The van der Waals surface area contributed by atoms with Gasteiger partial charge in [-0.05, 0) is 44.9 Å². The first-order valence-corrected chi connectivity index (χ1v) is 7.42. The minimum Gasteiger partial charge on any atom is -0.505 e. The Morgan fingerprint density at radius 2 is 2.05 bits per heavy atom. The van der Waals surface area contributed by atoms with Crippen LogP contribution in [0.3, 0.4) is 0 Å². The van der Waals surface area contributed by atoms with Crippen LogP contribution in [0.4, 0.5) is 0 Å². The Hall–Kier alpha value is -1.95. The lowest BCUT2D eigenvalue weighted by Gasteiger charge is -2.34. The van der Waals surface area contributed by atoms with Crippen LogP contribution in [0.1, 0.15) is 37.4 Å². The Morgan fingerprint density at radius 3 is 2.76 bits per heavy atom. The summed E-state index contributed by atoms with van der Waals surface area (Å²) in [4.78, 5) is 11.1. The van der Waals surface area contributed by atoms with Crippen molar-refractivity contribution >= 4 is 0 Å². The first kappa shape index (κ1) is 12.8. The second-order valence-corrected chi connectivity index (χ2v) is 6.05. The van der Waals surface area contributed by atoms with Gasteiger partial charge in [-0.3, -0.25) is 0 Å². The van der Waals surface area contributed by atoms with Gasteiger partial charge in [0.05, 0.1) is 0 Å². The first-order valence-electron chi connectivity index (χ1n) is 7.42. The fourth-order valence-electron chi connectivity index (χ4n) is 3.68. The lowest BCUT2D eigenvalue weighted by atomic mass is 9.90. The Bertz CT molecular complexity index is 643. The van der Waals surface area contributed by atoms with Crippen LogP contribution < -0.4 is 0 Å². The second kappa shape index (κ2) is 4.80. The molecule has 6 heteroatoms. The molecule has 0 saturated carbocycles. The molecule has 21 heavy (non-hydrogen) atoms. The summed E-state index contributed by atoms with van der Waals surface area (Å²) in [6.45, 7) is 0. The van der Waals surface area contributed by atoms with E-state index in [4.69, 9.17) is 4.52 Å². The van der Waals surface area contributed by atoms with Gasteiger partial charge in [-0.25, -0.2) is 4.98 Å². The highest BCUT2D eigenvalue weighted by molar-refractivity contribution is 5.55. The van der Waals surface area contributed by atoms with Crippen molar-refractivity contribution in [1.29, 1.82) is 0 Å². The van der Waals surface area contributed by atoms with E-state index in [1.54, 1.807) is 18.3 Å². The summed E-state index contributed by atoms with van der Waals surface area (Å²) in [5, 5.41) is 13.9. The van der Waals surface area contributed by atoms with Crippen molar-refractivity contribution in [2.75, 3.05) is 7.05 Å². The van der Waals surface area contributed by atoms with Crippen LogP contribution in [-0.4, -0.2) is 44.3 Å². The number of hydrogen-bond donors (Lipinski definition) is 1. The molecule has 0 aromatic carbocycles. The van der Waals surface area contributed by atoms with Crippen LogP contribution in [0.25, 0.3) is 11.6 Å². The van der Waals surface area contributed by atoms with E-state index in [9.17, 15) is 5.11 Å². The molecule has 0 spiro atoms. The van der Waals surface area contributed by atoms with Crippen LogP contribution in [0.5, 0.6) is 5.75 Å². The minimum atomic E-state index is 0.0659. The molecule has 6 nitrogen and oxygen atoms in total. The molecule has 2 aliphatic rings. The van der Waals surface area contributed by atoms with Gasteiger partial charge < -0.3 is 14.5 Å². The summed E-state index contributed by atoms with van der Waals surface area (Å²) in [5.41, 5.74) is 0.354. The monoisotopic (exact) mass is 286 g/mol. The van der Waals surface area contributed by atoms with Crippen molar-refractivity contribution < 1.29 is 9.63 Å². The molecule has 0 aliphatic carbocycles. The topological polar surface area (TPSA) is 75.3 Å². The largest absolute Gasteiger partial charge is 0.505 e. The van der Waals surface area contributed by atoms with Gasteiger partial charge >= 0.3 is 0 Å². The minimum absolute atomic E-state index is 0.0659. The zero-order valence-electron chi connectivity index (χ0n) is 11.9. The van der Waals surface area contributed by atoms with E-state index in [1.807, 2.05) is 0 Å². The average molecular weight is 286 g/mol. The number of fused-ring (bicyclic) bond motifs is 2. The molecular formula is C15H18N4O2. The maximum atomic E-state index is 9.82. The molecule has 2 unspecified atom stereocenters. The van der Waals surface area contributed by atoms with Gasteiger partial charge in [0.2, 0.25) is 0 Å². The van der Waals surface area contributed by atoms with Gasteiger partial charge in [-0.2, -0.15) is 4.98 Å². The lowest BCUT2D eigenvalue weighted by Crippen LogP contribution is -2.39. The van der Waals surface area contributed by atoms with E-state index in [-0.39, 0.29) is 5.75 Å². The van der Waals surface area contributed by atoms with Crippen molar-refractivity contribution in [2.24, 2.45) is 0 Å². The molecule has 2 bridgehead atoms. The van der Waals surface area contributed by atoms with Crippen molar-refractivity contribution in [3.8, 4) is 17.3 Å². The molecular weight excluding hydrogens is 268 g/mol. The van der Waals surface area contributed by atoms with Gasteiger partial charge in [-0.1, -0.05) is 5.16 Å². The van der Waals surface area contributed by atoms with E-state index in [0.29, 0.717) is 29.6 Å². The van der Waals surface area contributed by atoms with Crippen molar-refractivity contribution in [1.82, 2.24) is 20.0 Å². The molecule has 4 heterocycles. The number of rotatable bonds is 2. The highest BCUT2D eigenvalue weighted by atomic mass is 16.5. The number of hydrogen-bond acceptors (Lipinski definition) is 6. The molecule has 110 valence electrons. The van der Waals surface area contributed by atoms with Crippen LogP contribution in [0.2, 0.25) is 0 Å². The molecule has 2 saturated heterocycles. The van der Waals surface area contributed by atoms with Crippen LogP contribution in [-0.2, 0) is 0 Å². The Labute approximate surface area is 122 Å². The maximum Gasteiger partial charge on any atom is 0.280 e. The van der Waals surface area contributed by atoms with Gasteiger partial charge in [-0.15, -0.1) is 0 Å². The molecule has 2 aromatic heterocycles. The SMILES string of the molecule is CN1C2CCC1CC(c1noc(-c3ncccc3O)n1)C2. The van der Waals surface area contributed by atoms with Crippen molar-refractivity contribution in [2.45, 2.75) is 43.7 Å². The third-order valence-electron chi connectivity index (χ3n) is 4.89. The number of piperidine rings is 1. The molecule has 0 radical (unpaired) electrons. The Morgan fingerprint density at radius 1 is 1.29 bits per heavy atom. The number of pyridine rings is 1. The highest BCUT2D eigenvalue weighted by Crippen LogP contribution is 2.41. The smallest absolute Gasteiger partial charge is 0.280 e. The normalized spacial score (nSPS) is 28.9. The zero-order valence-corrected chi connectivity index (χ0v) is 11.9. The van der Waals surface area contributed by atoms with Gasteiger partial charge in [0.25, 0.3) is 5.89 Å². The summed E-state index contributed by atoms with van der Waals surface area (Å²) in [5.74, 6) is 1.47. The van der Waals surface area contributed by atoms with E-state index < -0.39 is 0 Å². The number of aromatic nitrogens is 3. The highest BCUT2D eigenvalue weighted by Gasteiger charge is 2.40. The standard InChI is InChI=1S/C15H18N4O2/c1-19-10-4-5-11(19)8-9(7-10)14-17-15(21-18-14)13-12(20)3-2-6-16-13/h2-3,6,9-11,20H,4-5,7-8H2,1H3. The fourth-order valence-corrected chi connectivity index (χ4v) is 3.68. The molecule has 2 aliphatic heterocycles. The summed E-state index contributed by atoms with van der Waals surface area (Å²) in [6.07, 6.45) is 6.31. The molecule has 1 N–H and O–H groups in total. The van der Waals surface area contributed by atoms with Crippen molar-refractivity contribution in [3.63, 3.8) is 0 Å².